The highest BCUT2D eigenvalue weighted by molar-refractivity contribution is 8.14. The van der Waals surface area contributed by atoms with Gasteiger partial charge in [-0.3, -0.25) is 4.99 Å². The number of nitrogens with zero attached hydrogens (tertiary/aromatic N) is 1. The third-order valence-corrected chi connectivity index (χ3v) is 3.85. The first-order chi connectivity index (χ1) is 7.69. The molecule has 1 aliphatic heterocycles. The highest BCUT2D eigenvalue weighted by Crippen LogP contribution is 2.24. The van der Waals surface area contributed by atoms with Crippen LogP contribution in [0, 0.1) is 13.8 Å². The molecular formula is C13H18N2S. The van der Waals surface area contributed by atoms with Crippen LogP contribution in [-0.2, 0) is 0 Å². The Kier molecular flexibility index (Phi) is 3.54. The van der Waals surface area contributed by atoms with Gasteiger partial charge in [0.05, 0.1) is 6.04 Å². The van der Waals surface area contributed by atoms with Crippen molar-refractivity contribution in [2.45, 2.75) is 33.2 Å². The van der Waals surface area contributed by atoms with Crippen molar-refractivity contribution in [2.24, 2.45) is 4.99 Å². The van der Waals surface area contributed by atoms with E-state index in [1.165, 1.54) is 16.8 Å². The Hall–Kier alpha value is -0.960. The second kappa shape index (κ2) is 4.91. The number of hydrogen-bond donors (Lipinski definition) is 1. The minimum atomic E-state index is 0.498. The summed E-state index contributed by atoms with van der Waals surface area (Å²) in [6.45, 7) is 6.43. The monoisotopic (exact) mass is 234 g/mol. The second-order valence-electron chi connectivity index (χ2n) is 4.25. The van der Waals surface area contributed by atoms with Crippen LogP contribution in [-0.4, -0.2) is 17.0 Å². The molecule has 1 N–H and O–H groups in total. The summed E-state index contributed by atoms with van der Waals surface area (Å²) in [6.07, 6.45) is 1.13. The number of aryl methyl sites for hydroxylation is 2. The minimum Gasteiger partial charge on any atom is -0.335 e. The average Bonchev–Trinajstić information content (AvgIpc) is 2.71. The van der Waals surface area contributed by atoms with Crippen LogP contribution in [0.4, 0.5) is 5.69 Å². The second-order valence-corrected chi connectivity index (χ2v) is 5.26. The molecule has 1 aromatic rings. The molecule has 0 bridgehead atoms. The standard InChI is InChI=1S/C13H18N2S/c1-4-11-8-16-13(14-11)15-12-7-9(2)5-6-10(12)3/h5-7,11H,4,8H2,1-3H3,(H,14,15). The molecule has 0 saturated heterocycles. The number of benzene rings is 1. The molecule has 1 aliphatic rings. The third-order valence-electron chi connectivity index (χ3n) is 2.82. The maximum absolute atomic E-state index is 4.64. The van der Waals surface area contributed by atoms with Crippen molar-refractivity contribution in [1.29, 1.82) is 0 Å². The molecule has 1 unspecified atom stereocenters. The molecular weight excluding hydrogens is 216 g/mol. The zero-order chi connectivity index (χ0) is 11.5. The Balaban J connectivity index is 2.12. The molecule has 1 atom stereocenters. The first kappa shape index (κ1) is 11.5. The highest BCUT2D eigenvalue weighted by atomic mass is 32.2. The Labute approximate surface area is 102 Å². The quantitative estimate of drug-likeness (QED) is 0.845. The van der Waals surface area contributed by atoms with E-state index in [1.54, 1.807) is 0 Å². The summed E-state index contributed by atoms with van der Waals surface area (Å²) in [7, 11) is 0. The Morgan fingerprint density at radius 1 is 1.44 bits per heavy atom. The molecule has 86 valence electrons. The van der Waals surface area contributed by atoms with E-state index in [-0.39, 0.29) is 0 Å². The molecule has 0 spiro atoms. The van der Waals surface area contributed by atoms with Crippen molar-refractivity contribution in [3.63, 3.8) is 0 Å². The van der Waals surface area contributed by atoms with Gasteiger partial charge in [0.1, 0.15) is 0 Å². The molecule has 0 aromatic heterocycles. The number of thioether (sulfide) groups is 1. The molecule has 0 fully saturated rings. The van der Waals surface area contributed by atoms with Crippen molar-refractivity contribution < 1.29 is 0 Å². The van der Waals surface area contributed by atoms with E-state index < -0.39 is 0 Å². The molecule has 3 heteroatoms. The van der Waals surface area contributed by atoms with Crippen LogP contribution in [0.3, 0.4) is 0 Å². The molecule has 1 aromatic carbocycles. The predicted octanol–water partition coefficient (Wildman–Crippen LogP) is 3.60. The lowest BCUT2D eigenvalue weighted by molar-refractivity contribution is 0.738. The topological polar surface area (TPSA) is 24.4 Å². The zero-order valence-electron chi connectivity index (χ0n) is 10.1. The third kappa shape index (κ3) is 2.59. The Bertz CT molecular complexity index is 412. The van der Waals surface area contributed by atoms with Crippen LogP contribution in [0.15, 0.2) is 23.2 Å². The lowest BCUT2D eigenvalue weighted by Crippen LogP contribution is -2.06. The number of rotatable bonds is 2. The van der Waals surface area contributed by atoms with E-state index in [0.29, 0.717) is 6.04 Å². The van der Waals surface area contributed by atoms with E-state index in [1.807, 2.05) is 11.8 Å². The first-order valence-corrected chi connectivity index (χ1v) is 6.72. The minimum absolute atomic E-state index is 0.498. The molecule has 0 amide bonds. The van der Waals surface area contributed by atoms with Crippen LogP contribution >= 0.6 is 11.8 Å². The van der Waals surface area contributed by atoms with Gasteiger partial charge in [-0.05, 0) is 37.5 Å². The Morgan fingerprint density at radius 3 is 2.94 bits per heavy atom. The van der Waals surface area contributed by atoms with Crippen LogP contribution in [0.25, 0.3) is 0 Å². The van der Waals surface area contributed by atoms with E-state index in [9.17, 15) is 0 Å². The lowest BCUT2D eigenvalue weighted by atomic mass is 10.1. The van der Waals surface area contributed by atoms with Crippen LogP contribution < -0.4 is 5.32 Å². The smallest absolute Gasteiger partial charge is 0.161 e. The first-order valence-electron chi connectivity index (χ1n) is 5.74. The van der Waals surface area contributed by atoms with Gasteiger partial charge in [0.15, 0.2) is 5.17 Å². The number of aliphatic imine (C=N–C) groups is 1. The largest absolute Gasteiger partial charge is 0.335 e. The van der Waals surface area contributed by atoms with Crippen molar-refractivity contribution >= 4 is 22.6 Å². The summed E-state index contributed by atoms with van der Waals surface area (Å²) >= 11 is 1.82. The molecule has 2 rings (SSSR count). The summed E-state index contributed by atoms with van der Waals surface area (Å²) in [5.41, 5.74) is 3.74. The maximum Gasteiger partial charge on any atom is 0.161 e. The van der Waals surface area contributed by atoms with Gasteiger partial charge in [-0.2, -0.15) is 0 Å². The molecule has 16 heavy (non-hydrogen) atoms. The summed E-state index contributed by atoms with van der Waals surface area (Å²) in [5.74, 6) is 1.11. The van der Waals surface area contributed by atoms with Gasteiger partial charge in [-0.15, -0.1) is 0 Å². The fourth-order valence-electron chi connectivity index (χ4n) is 1.68. The summed E-state index contributed by atoms with van der Waals surface area (Å²) < 4.78 is 0. The lowest BCUT2D eigenvalue weighted by Gasteiger charge is -2.09. The van der Waals surface area contributed by atoms with E-state index >= 15 is 0 Å². The van der Waals surface area contributed by atoms with Gasteiger partial charge in [0.25, 0.3) is 0 Å². The number of amidine groups is 1. The van der Waals surface area contributed by atoms with Crippen molar-refractivity contribution in [3.05, 3.63) is 29.3 Å². The molecule has 2 nitrogen and oxygen atoms in total. The summed E-state index contributed by atoms with van der Waals surface area (Å²) in [4.78, 5) is 4.64. The Morgan fingerprint density at radius 2 is 2.25 bits per heavy atom. The van der Waals surface area contributed by atoms with Crippen LogP contribution in [0.2, 0.25) is 0 Å². The van der Waals surface area contributed by atoms with E-state index in [4.69, 9.17) is 0 Å². The van der Waals surface area contributed by atoms with Gasteiger partial charge in [0.2, 0.25) is 0 Å². The summed E-state index contributed by atoms with van der Waals surface area (Å²) in [5, 5.41) is 4.50. The molecule has 0 saturated carbocycles. The van der Waals surface area contributed by atoms with Gasteiger partial charge in [-0.25, -0.2) is 0 Å². The molecule has 1 heterocycles. The van der Waals surface area contributed by atoms with Gasteiger partial charge >= 0.3 is 0 Å². The summed E-state index contributed by atoms with van der Waals surface area (Å²) in [6, 6.07) is 6.96. The van der Waals surface area contributed by atoms with E-state index in [0.717, 1.165) is 17.3 Å². The van der Waals surface area contributed by atoms with E-state index in [2.05, 4.69) is 49.3 Å². The SMILES string of the molecule is CCC1CSC(Nc2cc(C)ccc2C)=N1. The van der Waals surface area contributed by atoms with Crippen LogP contribution in [0.1, 0.15) is 24.5 Å². The van der Waals surface area contributed by atoms with Gasteiger partial charge < -0.3 is 5.32 Å². The van der Waals surface area contributed by atoms with Gasteiger partial charge in [-0.1, -0.05) is 30.8 Å². The maximum atomic E-state index is 4.64. The highest BCUT2D eigenvalue weighted by Gasteiger charge is 2.16. The number of nitrogens with one attached hydrogen (secondary N) is 1. The van der Waals surface area contributed by atoms with Crippen molar-refractivity contribution in [3.8, 4) is 0 Å². The van der Waals surface area contributed by atoms with Crippen molar-refractivity contribution in [1.82, 2.24) is 0 Å². The predicted molar refractivity (Wildman–Crippen MR) is 73.5 cm³/mol. The average molecular weight is 234 g/mol. The van der Waals surface area contributed by atoms with Crippen LogP contribution in [0.5, 0.6) is 0 Å². The number of hydrogen-bond acceptors (Lipinski definition) is 3. The van der Waals surface area contributed by atoms with Crippen molar-refractivity contribution in [2.75, 3.05) is 11.1 Å². The van der Waals surface area contributed by atoms with Gasteiger partial charge in [0, 0.05) is 11.4 Å². The fourth-order valence-corrected chi connectivity index (χ4v) is 2.74. The zero-order valence-corrected chi connectivity index (χ0v) is 10.9. The number of anilines is 1. The normalized spacial score (nSPS) is 19.7. The fraction of sp³-hybridized carbons (Fsp3) is 0.462. The molecule has 0 radical (unpaired) electrons. The molecule has 0 aliphatic carbocycles.